The molecule has 1 aliphatic rings. The Kier molecular flexibility index (Phi) is 5.01. The van der Waals surface area contributed by atoms with E-state index in [1.54, 1.807) is 42.4 Å². The normalized spacial score (nSPS) is 15.3. The number of phenols is 1. The molecule has 1 aliphatic heterocycles. The Morgan fingerprint density at radius 2 is 1.48 bits per heavy atom. The van der Waals surface area contributed by atoms with Crippen molar-refractivity contribution in [2.45, 2.75) is 0 Å². The zero-order chi connectivity index (χ0) is 20.4. The molecular formula is C23H18N2O3S. The van der Waals surface area contributed by atoms with E-state index in [0.717, 1.165) is 5.69 Å². The highest BCUT2D eigenvalue weighted by Crippen LogP contribution is 2.35. The van der Waals surface area contributed by atoms with Gasteiger partial charge in [0.05, 0.1) is 12.8 Å². The largest absolute Gasteiger partial charge is 0.507 e. The van der Waals surface area contributed by atoms with Gasteiger partial charge in [0.1, 0.15) is 17.2 Å². The second kappa shape index (κ2) is 7.77. The lowest BCUT2D eigenvalue weighted by molar-refractivity contribution is -0.113. The SMILES string of the molecule is COc1ccc(N2C(=S)N(c3ccccc3)C(=O)/C2=C\c2ccccc2O)cc1. The number of aromatic hydroxyl groups is 1. The molecule has 3 aromatic rings. The number of anilines is 2. The zero-order valence-corrected chi connectivity index (χ0v) is 16.5. The van der Waals surface area contributed by atoms with Gasteiger partial charge in [-0.2, -0.15) is 0 Å². The van der Waals surface area contributed by atoms with Crippen molar-refractivity contribution in [3.8, 4) is 11.5 Å². The fourth-order valence-electron chi connectivity index (χ4n) is 3.17. The Morgan fingerprint density at radius 1 is 0.862 bits per heavy atom. The average Bonchev–Trinajstić information content (AvgIpc) is 3.00. The van der Waals surface area contributed by atoms with Crippen LogP contribution in [0.2, 0.25) is 0 Å². The fourth-order valence-corrected chi connectivity index (χ4v) is 3.56. The van der Waals surface area contributed by atoms with E-state index >= 15 is 0 Å². The average molecular weight is 402 g/mol. The van der Waals surface area contributed by atoms with Crippen LogP contribution in [0.25, 0.3) is 6.08 Å². The van der Waals surface area contributed by atoms with Crippen molar-refractivity contribution in [2.24, 2.45) is 0 Å². The van der Waals surface area contributed by atoms with Gasteiger partial charge in [-0.3, -0.25) is 14.6 Å². The summed E-state index contributed by atoms with van der Waals surface area (Å²) < 4.78 is 5.23. The van der Waals surface area contributed by atoms with Crippen LogP contribution >= 0.6 is 12.2 Å². The standard InChI is InChI=1S/C23H18N2O3S/c1-28-19-13-11-18(12-14-19)24-20(15-16-7-5-6-10-21(16)26)22(27)25(23(24)29)17-8-3-2-4-9-17/h2-15,26H,1H3/b20-15+. The van der Waals surface area contributed by atoms with Gasteiger partial charge >= 0.3 is 0 Å². The number of hydrogen-bond donors (Lipinski definition) is 1. The Morgan fingerprint density at radius 3 is 2.14 bits per heavy atom. The lowest BCUT2D eigenvalue weighted by Gasteiger charge is -2.20. The first kappa shape index (κ1) is 18.7. The van der Waals surface area contributed by atoms with Crippen molar-refractivity contribution in [2.75, 3.05) is 16.9 Å². The summed E-state index contributed by atoms with van der Waals surface area (Å²) in [4.78, 5) is 16.6. The predicted octanol–water partition coefficient (Wildman–Crippen LogP) is 4.58. The Hall–Kier alpha value is -3.64. The second-order valence-electron chi connectivity index (χ2n) is 6.38. The van der Waals surface area contributed by atoms with Gasteiger partial charge in [-0.25, -0.2) is 0 Å². The third kappa shape index (κ3) is 3.46. The third-order valence-electron chi connectivity index (χ3n) is 4.62. The summed E-state index contributed by atoms with van der Waals surface area (Å²) in [7, 11) is 1.60. The molecule has 1 heterocycles. The van der Waals surface area contributed by atoms with Crippen molar-refractivity contribution >= 4 is 40.7 Å². The molecule has 6 heteroatoms. The van der Waals surface area contributed by atoms with Crippen LogP contribution in [0.15, 0.2) is 84.6 Å². The first-order valence-electron chi connectivity index (χ1n) is 8.97. The van der Waals surface area contributed by atoms with E-state index in [1.807, 2.05) is 54.6 Å². The highest BCUT2D eigenvalue weighted by atomic mass is 32.1. The molecule has 29 heavy (non-hydrogen) atoms. The van der Waals surface area contributed by atoms with E-state index in [-0.39, 0.29) is 11.7 Å². The number of para-hydroxylation sites is 2. The first-order valence-corrected chi connectivity index (χ1v) is 9.38. The number of thiocarbonyl (C=S) groups is 1. The molecule has 0 radical (unpaired) electrons. The molecule has 1 amide bonds. The maximum absolute atomic E-state index is 13.4. The molecule has 144 valence electrons. The number of hydrogen-bond acceptors (Lipinski definition) is 4. The van der Waals surface area contributed by atoms with Crippen LogP contribution in [0, 0.1) is 0 Å². The summed E-state index contributed by atoms with van der Waals surface area (Å²) in [6.45, 7) is 0. The zero-order valence-electron chi connectivity index (χ0n) is 15.6. The van der Waals surface area contributed by atoms with Gasteiger partial charge in [0.2, 0.25) is 0 Å². The molecule has 1 N–H and O–H groups in total. The minimum absolute atomic E-state index is 0.0894. The maximum atomic E-state index is 13.4. The van der Waals surface area contributed by atoms with Gasteiger partial charge in [0.25, 0.3) is 5.91 Å². The number of ether oxygens (including phenoxy) is 1. The van der Waals surface area contributed by atoms with E-state index in [0.29, 0.717) is 27.8 Å². The van der Waals surface area contributed by atoms with Crippen molar-refractivity contribution in [1.29, 1.82) is 0 Å². The van der Waals surface area contributed by atoms with E-state index in [9.17, 15) is 9.90 Å². The van der Waals surface area contributed by atoms with E-state index < -0.39 is 0 Å². The molecule has 4 rings (SSSR count). The van der Waals surface area contributed by atoms with Crippen LogP contribution in [-0.2, 0) is 4.79 Å². The summed E-state index contributed by atoms with van der Waals surface area (Å²) in [5.74, 6) is 0.531. The van der Waals surface area contributed by atoms with Crippen molar-refractivity contribution in [3.63, 3.8) is 0 Å². The predicted molar refractivity (Wildman–Crippen MR) is 118 cm³/mol. The number of carbonyl (C=O) groups is 1. The Labute approximate surface area is 174 Å². The topological polar surface area (TPSA) is 53.0 Å². The number of amides is 1. The molecular weight excluding hydrogens is 384 g/mol. The molecule has 0 saturated carbocycles. The molecule has 0 atom stereocenters. The molecule has 0 bridgehead atoms. The van der Waals surface area contributed by atoms with Crippen LogP contribution in [0.3, 0.4) is 0 Å². The number of carbonyl (C=O) groups excluding carboxylic acids is 1. The van der Waals surface area contributed by atoms with Gasteiger partial charge in [0.15, 0.2) is 5.11 Å². The van der Waals surface area contributed by atoms with Gasteiger partial charge < -0.3 is 9.84 Å². The maximum Gasteiger partial charge on any atom is 0.281 e. The Balaban J connectivity index is 1.85. The smallest absolute Gasteiger partial charge is 0.281 e. The van der Waals surface area contributed by atoms with Crippen molar-refractivity contribution in [1.82, 2.24) is 0 Å². The van der Waals surface area contributed by atoms with Crippen LogP contribution < -0.4 is 14.5 Å². The first-order chi connectivity index (χ1) is 14.1. The van der Waals surface area contributed by atoms with Crippen molar-refractivity contribution < 1.29 is 14.6 Å². The molecule has 1 saturated heterocycles. The molecule has 0 aliphatic carbocycles. The van der Waals surface area contributed by atoms with Crippen LogP contribution in [0.4, 0.5) is 11.4 Å². The van der Waals surface area contributed by atoms with E-state index in [4.69, 9.17) is 17.0 Å². The molecule has 0 spiro atoms. The monoisotopic (exact) mass is 402 g/mol. The van der Waals surface area contributed by atoms with Crippen LogP contribution in [-0.4, -0.2) is 23.2 Å². The van der Waals surface area contributed by atoms with Crippen LogP contribution in [0.1, 0.15) is 5.56 Å². The minimum atomic E-state index is -0.264. The number of rotatable bonds is 4. The third-order valence-corrected chi connectivity index (χ3v) is 4.98. The van der Waals surface area contributed by atoms with E-state index in [2.05, 4.69) is 0 Å². The lowest BCUT2D eigenvalue weighted by atomic mass is 10.1. The van der Waals surface area contributed by atoms with Gasteiger partial charge in [-0.1, -0.05) is 36.4 Å². The van der Waals surface area contributed by atoms with E-state index in [1.165, 1.54) is 4.90 Å². The highest BCUT2D eigenvalue weighted by molar-refractivity contribution is 7.81. The number of phenolic OH excluding ortho intramolecular Hbond substituents is 1. The minimum Gasteiger partial charge on any atom is -0.507 e. The summed E-state index contributed by atoms with van der Waals surface area (Å²) in [5, 5.41) is 10.5. The molecule has 1 fully saturated rings. The van der Waals surface area contributed by atoms with Crippen LogP contribution in [0.5, 0.6) is 11.5 Å². The molecule has 0 aromatic heterocycles. The molecule has 0 unspecified atom stereocenters. The summed E-state index contributed by atoms with van der Waals surface area (Å²) in [6, 6.07) is 23.4. The summed E-state index contributed by atoms with van der Waals surface area (Å²) in [5.41, 5.74) is 2.29. The second-order valence-corrected chi connectivity index (χ2v) is 6.75. The van der Waals surface area contributed by atoms with Gasteiger partial charge in [-0.15, -0.1) is 0 Å². The Bertz CT molecular complexity index is 1090. The number of nitrogens with zero attached hydrogens (tertiary/aromatic N) is 2. The van der Waals surface area contributed by atoms with Gasteiger partial charge in [0, 0.05) is 11.3 Å². The lowest BCUT2D eigenvalue weighted by Crippen LogP contribution is -2.32. The fraction of sp³-hybridized carbons (Fsp3) is 0.0435. The quantitative estimate of drug-likeness (QED) is 0.511. The summed E-state index contributed by atoms with van der Waals surface area (Å²) >= 11 is 5.69. The number of methoxy groups -OCH3 is 1. The van der Waals surface area contributed by atoms with Crippen molar-refractivity contribution in [3.05, 3.63) is 90.1 Å². The van der Waals surface area contributed by atoms with Gasteiger partial charge in [-0.05, 0) is 60.8 Å². The molecule has 5 nitrogen and oxygen atoms in total. The number of benzene rings is 3. The highest BCUT2D eigenvalue weighted by Gasteiger charge is 2.40. The summed E-state index contributed by atoms with van der Waals surface area (Å²) in [6.07, 6.45) is 1.65. The molecule has 3 aromatic carbocycles.